The first-order valence-corrected chi connectivity index (χ1v) is 9.35. The number of phenolic OH excluding ortho intramolecular Hbond substituents is 1. The second kappa shape index (κ2) is 5.54. The molecular formula is C22H28O. The molecule has 4 rings (SSSR count). The molecule has 0 bridgehead atoms. The van der Waals surface area contributed by atoms with Gasteiger partial charge in [0.2, 0.25) is 0 Å². The van der Waals surface area contributed by atoms with E-state index < -0.39 is 0 Å². The third-order valence-electron chi connectivity index (χ3n) is 6.71. The number of unbranched alkanes of at least 4 members (excludes halogenated alkanes) is 1. The summed E-state index contributed by atoms with van der Waals surface area (Å²) in [5.74, 6) is 1.94. The van der Waals surface area contributed by atoms with Crippen molar-refractivity contribution >= 4 is 5.57 Å². The third kappa shape index (κ3) is 2.28. The third-order valence-corrected chi connectivity index (χ3v) is 6.71. The molecule has 2 unspecified atom stereocenters. The molecule has 0 aliphatic heterocycles. The van der Waals surface area contributed by atoms with Crippen molar-refractivity contribution in [1.29, 1.82) is 0 Å². The Hall–Kier alpha value is -1.50. The zero-order valence-electron chi connectivity index (χ0n) is 14.4. The predicted molar refractivity (Wildman–Crippen MR) is 96.3 cm³/mol. The van der Waals surface area contributed by atoms with Gasteiger partial charge in [-0.15, -0.1) is 0 Å². The number of rotatable bonds is 2. The lowest BCUT2D eigenvalue weighted by Crippen LogP contribution is -2.35. The molecule has 0 radical (unpaired) electrons. The molecule has 0 saturated heterocycles. The van der Waals surface area contributed by atoms with Crippen molar-refractivity contribution in [3.63, 3.8) is 0 Å². The Morgan fingerprint density at radius 2 is 2.13 bits per heavy atom. The number of hydrogen-bond donors (Lipinski definition) is 1. The molecule has 1 aromatic rings. The summed E-state index contributed by atoms with van der Waals surface area (Å²) >= 11 is 0. The van der Waals surface area contributed by atoms with Gasteiger partial charge in [-0.25, -0.2) is 0 Å². The van der Waals surface area contributed by atoms with E-state index in [0.717, 1.165) is 18.3 Å². The average Bonchev–Trinajstić information content (AvgIpc) is 2.89. The minimum Gasteiger partial charge on any atom is -0.508 e. The molecule has 0 spiro atoms. The van der Waals surface area contributed by atoms with E-state index in [9.17, 15) is 5.11 Å². The number of allylic oxidation sites excluding steroid dienone is 4. The molecule has 0 amide bonds. The Bertz CT molecular complexity index is 681. The zero-order valence-corrected chi connectivity index (χ0v) is 14.4. The maximum Gasteiger partial charge on any atom is 0.115 e. The Labute approximate surface area is 140 Å². The van der Waals surface area contributed by atoms with Gasteiger partial charge < -0.3 is 5.11 Å². The fourth-order valence-corrected chi connectivity index (χ4v) is 5.47. The standard InChI is InChI=1S/C22H28O/c1-3-4-5-16-7-11-21-20-9-6-15-14-17(23)8-10-18(15)19(20)12-13-22(16,21)2/h5,8,10,12,14,20-21,23H,3-4,6-7,9,11,13H2,1-2H3/t20?,21?,22-/m1/s1. The molecule has 122 valence electrons. The minimum absolute atomic E-state index is 0.401. The van der Waals surface area contributed by atoms with Crippen LogP contribution in [0.2, 0.25) is 0 Å². The van der Waals surface area contributed by atoms with Crippen LogP contribution in [0.1, 0.15) is 63.5 Å². The van der Waals surface area contributed by atoms with Gasteiger partial charge in [0.25, 0.3) is 0 Å². The van der Waals surface area contributed by atoms with Crippen LogP contribution in [0, 0.1) is 17.3 Å². The quantitative estimate of drug-likeness (QED) is 0.676. The van der Waals surface area contributed by atoms with Gasteiger partial charge in [-0.3, -0.25) is 0 Å². The monoisotopic (exact) mass is 308 g/mol. The summed E-state index contributed by atoms with van der Waals surface area (Å²) in [7, 11) is 0. The smallest absolute Gasteiger partial charge is 0.115 e. The van der Waals surface area contributed by atoms with Gasteiger partial charge in [0.1, 0.15) is 5.75 Å². The van der Waals surface area contributed by atoms with Crippen molar-refractivity contribution in [3.8, 4) is 5.75 Å². The van der Waals surface area contributed by atoms with E-state index in [2.05, 4.69) is 32.1 Å². The number of hydrogen-bond acceptors (Lipinski definition) is 1. The molecule has 1 nitrogen and oxygen atoms in total. The summed E-state index contributed by atoms with van der Waals surface area (Å²) in [5, 5.41) is 9.77. The molecule has 3 atom stereocenters. The molecule has 23 heavy (non-hydrogen) atoms. The second-order valence-corrected chi connectivity index (χ2v) is 7.93. The molecule has 0 heterocycles. The van der Waals surface area contributed by atoms with Crippen molar-refractivity contribution in [2.45, 2.75) is 58.8 Å². The molecule has 1 heteroatoms. The molecule has 1 N–H and O–H groups in total. The highest BCUT2D eigenvalue weighted by Crippen LogP contribution is 2.60. The molecule has 1 saturated carbocycles. The summed E-state index contributed by atoms with van der Waals surface area (Å²) < 4.78 is 0. The first-order valence-electron chi connectivity index (χ1n) is 9.35. The maximum atomic E-state index is 9.77. The fraction of sp³-hybridized carbons (Fsp3) is 0.545. The van der Waals surface area contributed by atoms with E-state index in [4.69, 9.17) is 0 Å². The van der Waals surface area contributed by atoms with E-state index in [0.29, 0.717) is 11.2 Å². The van der Waals surface area contributed by atoms with Gasteiger partial charge in [-0.1, -0.05) is 44.1 Å². The van der Waals surface area contributed by atoms with Crippen molar-refractivity contribution in [2.75, 3.05) is 0 Å². The first-order chi connectivity index (χ1) is 11.1. The second-order valence-electron chi connectivity index (χ2n) is 7.93. The van der Waals surface area contributed by atoms with Crippen molar-refractivity contribution < 1.29 is 5.11 Å². The lowest BCUT2D eigenvalue weighted by Gasteiger charge is -2.45. The van der Waals surface area contributed by atoms with E-state index >= 15 is 0 Å². The van der Waals surface area contributed by atoms with Crippen LogP contribution in [0.3, 0.4) is 0 Å². The Kier molecular flexibility index (Phi) is 3.63. The average molecular weight is 308 g/mol. The van der Waals surface area contributed by atoms with Gasteiger partial charge >= 0.3 is 0 Å². The van der Waals surface area contributed by atoms with E-state index in [1.165, 1.54) is 49.7 Å². The largest absolute Gasteiger partial charge is 0.508 e. The SMILES string of the molecule is CCCC=C1CCC2C3CCc4cc(O)ccc4C3=CC[C@]12C. The highest BCUT2D eigenvalue weighted by Gasteiger charge is 2.49. The summed E-state index contributed by atoms with van der Waals surface area (Å²) in [5.41, 5.74) is 6.46. The normalized spacial score (nSPS) is 33.8. The maximum absolute atomic E-state index is 9.77. The topological polar surface area (TPSA) is 20.2 Å². The van der Waals surface area contributed by atoms with Gasteiger partial charge in [-0.05, 0) is 84.6 Å². The van der Waals surface area contributed by atoms with Gasteiger partial charge in [0.15, 0.2) is 0 Å². The summed E-state index contributed by atoms with van der Waals surface area (Å²) in [6.07, 6.45) is 13.8. The Balaban J connectivity index is 1.72. The first kappa shape index (κ1) is 15.1. The van der Waals surface area contributed by atoms with Crippen LogP contribution in [0.15, 0.2) is 35.9 Å². The van der Waals surface area contributed by atoms with Crippen LogP contribution < -0.4 is 0 Å². The molecular weight excluding hydrogens is 280 g/mol. The Morgan fingerprint density at radius 3 is 2.96 bits per heavy atom. The van der Waals surface area contributed by atoms with Crippen LogP contribution in [0.4, 0.5) is 0 Å². The molecule has 3 aliphatic carbocycles. The minimum atomic E-state index is 0.401. The number of phenols is 1. The summed E-state index contributed by atoms with van der Waals surface area (Å²) in [6, 6.07) is 5.98. The summed E-state index contributed by atoms with van der Waals surface area (Å²) in [4.78, 5) is 0. The van der Waals surface area contributed by atoms with Crippen LogP contribution in [-0.2, 0) is 6.42 Å². The van der Waals surface area contributed by atoms with Crippen molar-refractivity contribution in [2.24, 2.45) is 17.3 Å². The lowest BCUT2D eigenvalue weighted by molar-refractivity contribution is 0.200. The van der Waals surface area contributed by atoms with Crippen LogP contribution in [0.25, 0.3) is 5.57 Å². The molecule has 3 aliphatic rings. The van der Waals surface area contributed by atoms with Crippen molar-refractivity contribution in [3.05, 3.63) is 47.1 Å². The molecule has 0 aromatic heterocycles. The van der Waals surface area contributed by atoms with E-state index in [-0.39, 0.29) is 0 Å². The van der Waals surface area contributed by atoms with Crippen LogP contribution in [-0.4, -0.2) is 5.11 Å². The molecule has 1 fully saturated rings. The van der Waals surface area contributed by atoms with Crippen LogP contribution in [0.5, 0.6) is 5.75 Å². The number of aryl methyl sites for hydroxylation is 1. The summed E-state index contributed by atoms with van der Waals surface area (Å²) in [6.45, 7) is 4.80. The van der Waals surface area contributed by atoms with Gasteiger partial charge in [-0.2, -0.15) is 0 Å². The zero-order chi connectivity index (χ0) is 16.0. The highest BCUT2D eigenvalue weighted by atomic mass is 16.3. The van der Waals surface area contributed by atoms with Gasteiger partial charge in [0.05, 0.1) is 0 Å². The van der Waals surface area contributed by atoms with Gasteiger partial charge in [0, 0.05) is 0 Å². The number of fused-ring (bicyclic) bond motifs is 5. The highest BCUT2D eigenvalue weighted by molar-refractivity contribution is 5.74. The van der Waals surface area contributed by atoms with E-state index in [1.54, 1.807) is 11.1 Å². The lowest BCUT2D eigenvalue weighted by atomic mass is 9.59. The number of benzene rings is 1. The predicted octanol–water partition coefficient (Wildman–Crippen LogP) is 5.88. The van der Waals surface area contributed by atoms with E-state index in [1.807, 2.05) is 12.1 Å². The van der Waals surface area contributed by atoms with Crippen molar-refractivity contribution in [1.82, 2.24) is 0 Å². The van der Waals surface area contributed by atoms with Crippen LogP contribution >= 0.6 is 0 Å². The number of aromatic hydroxyl groups is 1. The molecule has 1 aromatic carbocycles. The Morgan fingerprint density at radius 1 is 1.26 bits per heavy atom. The fourth-order valence-electron chi connectivity index (χ4n) is 5.47.